The lowest BCUT2D eigenvalue weighted by Crippen LogP contribution is -2.39. The van der Waals surface area contributed by atoms with Crippen molar-refractivity contribution in [3.63, 3.8) is 0 Å². The third-order valence-corrected chi connectivity index (χ3v) is 6.24. The summed E-state index contributed by atoms with van der Waals surface area (Å²) in [5.41, 5.74) is 2.47. The van der Waals surface area contributed by atoms with E-state index in [1.54, 1.807) is 18.4 Å². The van der Waals surface area contributed by atoms with E-state index in [1.165, 1.54) is 0 Å². The molecule has 0 radical (unpaired) electrons. The van der Waals surface area contributed by atoms with Gasteiger partial charge in [0.2, 0.25) is 5.91 Å². The van der Waals surface area contributed by atoms with Crippen molar-refractivity contribution in [3.8, 4) is 22.1 Å². The second-order valence-electron chi connectivity index (χ2n) is 8.37. The van der Waals surface area contributed by atoms with Gasteiger partial charge in [-0.2, -0.15) is 0 Å². The van der Waals surface area contributed by atoms with Crippen LogP contribution < -0.4 is 14.8 Å². The summed E-state index contributed by atoms with van der Waals surface area (Å²) in [5, 5.41) is 5.79. The van der Waals surface area contributed by atoms with Gasteiger partial charge >= 0.3 is 0 Å². The molecule has 0 bridgehead atoms. The number of hydrogen-bond acceptors (Lipinski definition) is 6. The van der Waals surface area contributed by atoms with E-state index in [4.69, 9.17) is 9.47 Å². The maximum absolute atomic E-state index is 12.6. The van der Waals surface area contributed by atoms with Gasteiger partial charge in [-0.3, -0.25) is 9.69 Å². The Balaban J connectivity index is 1.60. The average molecular weight is 468 g/mol. The molecule has 3 aromatic rings. The third-order valence-electron chi connectivity index (χ3n) is 5.30. The van der Waals surface area contributed by atoms with Crippen LogP contribution in [0.2, 0.25) is 0 Å². The van der Waals surface area contributed by atoms with E-state index >= 15 is 0 Å². The number of ether oxygens (including phenoxy) is 2. The molecule has 176 valence electrons. The van der Waals surface area contributed by atoms with Crippen LogP contribution in [0.4, 0.5) is 5.69 Å². The smallest absolute Gasteiger partial charge is 0.230 e. The zero-order chi connectivity index (χ0) is 23.8. The van der Waals surface area contributed by atoms with Crippen molar-refractivity contribution in [3.05, 3.63) is 59.6 Å². The molecule has 0 unspecified atom stereocenters. The first kappa shape index (κ1) is 24.7. The average Bonchev–Trinajstić information content (AvgIpc) is 3.25. The molecule has 1 N–H and O–H groups in total. The van der Waals surface area contributed by atoms with E-state index in [9.17, 15) is 4.79 Å². The molecule has 2 aromatic carbocycles. The first-order valence-electron chi connectivity index (χ1n) is 11.2. The molecule has 0 atom stereocenters. The third kappa shape index (κ3) is 7.04. The topological polar surface area (TPSA) is 63.7 Å². The van der Waals surface area contributed by atoms with Gasteiger partial charge in [-0.15, -0.1) is 11.3 Å². The summed E-state index contributed by atoms with van der Waals surface area (Å²) in [6, 6.07) is 16.3. The Bertz CT molecular complexity index is 1030. The summed E-state index contributed by atoms with van der Waals surface area (Å²) < 4.78 is 11.5. The summed E-state index contributed by atoms with van der Waals surface area (Å²) in [4.78, 5) is 19.6. The van der Waals surface area contributed by atoms with Gasteiger partial charge in [0.1, 0.15) is 11.6 Å². The van der Waals surface area contributed by atoms with Gasteiger partial charge < -0.3 is 14.8 Å². The van der Waals surface area contributed by atoms with Crippen molar-refractivity contribution in [1.82, 2.24) is 9.88 Å². The molecule has 0 saturated heterocycles. The van der Waals surface area contributed by atoms with Gasteiger partial charge in [-0.1, -0.05) is 30.3 Å². The van der Waals surface area contributed by atoms with E-state index < -0.39 is 0 Å². The Labute approximate surface area is 200 Å². The van der Waals surface area contributed by atoms with E-state index in [2.05, 4.69) is 42.9 Å². The molecule has 0 saturated carbocycles. The number of aromatic nitrogens is 1. The molecule has 3 rings (SSSR count). The highest BCUT2D eigenvalue weighted by molar-refractivity contribution is 7.13. The van der Waals surface area contributed by atoms with Gasteiger partial charge in [0.25, 0.3) is 0 Å². The summed E-state index contributed by atoms with van der Waals surface area (Å²) in [7, 11) is 1.61. The van der Waals surface area contributed by atoms with Crippen LogP contribution in [-0.2, 0) is 11.2 Å². The molecule has 1 heterocycles. The van der Waals surface area contributed by atoms with Crippen LogP contribution >= 0.6 is 11.3 Å². The minimum atomic E-state index is -0.123. The second-order valence-corrected chi connectivity index (χ2v) is 9.23. The van der Waals surface area contributed by atoms with Gasteiger partial charge in [-0.05, 0) is 39.8 Å². The molecular formula is C26H33N3O3S. The minimum absolute atomic E-state index is 0.123. The first-order chi connectivity index (χ1) is 15.9. The Kier molecular flexibility index (Phi) is 8.86. The maximum atomic E-state index is 12.6. The molecular weight excluding hydrogens is 434 g/mol. The minimum Gasteiger partial charge on any atom is -0.493 e. The first-order valence-corrected chi connectivity index (χ1v) is 12.1. The number of benzene rings is 2. The van der Waals surface area contributed by atoms with Crippen molar-refractivity contribution in [1.29, 1.82) is 0 Å². The van der Waals surface area contributed by atoms with Crippen LogP contribution in [0.25, 0.3) is 10.6 Å². The summed E-state index contributed by atoms with van der Waals surface area (Å²) >= 11 is 1.54. The number of methoxy groups -OCH3 is 1. The molecule has 0 fully saturated rings. The monoisotopic (exact) mass is 467 g/mol. The van der Waals surface area contributed by atoms with Crippen molar-refractivity contribution in [2.45, 2.75) is 46.2 Å². The standard InChI is InChI=1S/C26H33N3O3S/c1-18(2)29(19(3)4)13-14-32-24-15-21(11-12-23(24)31-5)27-25(30)16-22-17-33-26(28-22)20-9-7-6-8-10-20/h6-12,15,17-19H,13-14,16H2,1-5H3,(H,27,30). The molecule has 0 spiro atoms. The molecule has 7 heteroatoms. The van der Waals surface area contributed by atoms with E-state index in [0.29, 0.717) is 35.9 Å². The van der Waals surface area contributed by atoms with Gasteiger partial charge in [0.15, 0.2) is 11.5 Å². The Morgan fingerprint density at radius 2 is 1.79 bits per heavy atom. The molecule has 1 amide bonds. The lowest BCUT2D eigenvalue weighted by atomic mass is 10.2. The highest BCUT2D eigenvalue weighted by Crippen LogP contribution is 2.30. The molecule has 0 aliphatic carbocycles. The number of carbonyl (C=O) groups excluding carboxylic acids is 1. The number of hydrogen-bond donors (Lipinski definition) is 1. The predicted molar refractivity (Wildman–Crippen MR) is 135 cm³/mol. The zero-order valence-corrected chi connectivity index (χ0v) is 20.8. The molecule has 6 nitrogen and oxygen atoms in total. The Morgan fingerprint density at radius 1 is 1.06 bits per heavy atom. The number of anilines is 1. The fourth-order valence-corrected chi connectivity index (χ4v) is 4.54. The fourth-order valence-electron chi connectivity index (χ4n) is 3.71. The van der Waals surface area contributed by atoms with Gasteiger partial charge in [-0.25, -0.2) is 4.98 Å². The normalized spacial score (nSPS) is 11.3. The summed E-state index contributed by atoms with van der Waals surface area (Å²) in [6.45, 7) is 10.1. The highest BCUT2D eigenvalue weighted by atomic mass is 32.1. The number of carbonyl (C=O) groups is 1. The predicted octanol–water partition coefficient (Wildman–Crippen LogP) is 5.50. The molecule has 33 heavy (non-hydrogen) atoms. The second kappa shape index (κ2) is 11.8. The molecule has 0 aliphatic rings. The Morgan fingerprint density at radius 3 is 2.45 bits per heavy atom. The van der Waals surface area contributed by atoms with Crippen LogP contribution in [0.3, 0.4) is 0 Å². The number of thiazole rings is 1. The summed E-state index contributed by atoms with van der Waals surface area (Å²) in [5.74, 6) is 1.13. The molecule has 1 aromatic heterocycles. The van der Waals surface area contributed by atoms with Crippen molar-refractivity contribution < 1.29 is 14.3 Å². The highest BCUT2D eigenvalue weighted by Gasteiger charge is 2.15. The molecule has 0 aliphatic heterocycles. The number of nitrogens with one attached hydrogen (secondary N) is 1. The van der Waals surface area contributed by atoms with Crippen LogP contribution in [0.5, 0.6) is 11.5 Å². The fraction of sp³-hybridized carbons (Fsp3) is 0.385. The van der Waals surface area contributed by atoms with Gasteiger partial charge in [0, 0.05) is 41.3 Å². The number of rotatable bonds is 11. The van der Waals surface area contributed by atoms with Gasteiger partial charge in [0.05, 0.1) is 19.2 Å². The number of nitrogens with zero attached hydrogens (tertiary/aromatic N) is 2. The van der Waals surface area contributed by atoms with E-state index in [1.807, 2.05) is 53.9 Å². The SMILES string of the molecule is COc1ccc(NC(=O)Cc2csc(-c3ccccc3)n2)cc1OCCN(C(C)C)C(C)C. The largest absolute Gasteiger partial charge is 0.493 e. The van der Waals surface area contributed by atoms with Crippen LogP contribution in [0.15, 0.2) is 53.9 Å². The number of amides is 1. The maximum Gasteiger partial charge on any atom is 0.230 e. The van der Waals surface area contributed by atoms with Crippen LogP contribution in [-0.4, -0.2) is 48.1 Å². The van der Waals surface area contributed by atoms with Crippen LogP contribution in [0.1, 0.15) is 33.4 Å². The van der Waals surface area contributed by atoms with Crippen LogP contribution in [0, 0.1) is 0 Å². The van der Waals surface area contributed by atoms with Crippen molar-refractivity contribution >= 4 is 22.9 Å². The lowest BCUT2D eigenvalue weighted by molar-refractivity contribution is -0.115. The van der Waals surface area contributed by atoms with E-state index in [-0.39, 0.29) is 12.3 Å². The Hall–Kier alpha value is -2.90. The summed E-state index contributed by atoms with van der Waals surface area (Å²) in [6.07, 6.45) is 0.212. The lowest BCUT2D eigenvalue weighted by Gasteiger charge is -2.30. The van der Waals surface area contributed by atoms with Crippen molar-refractivity contribution in [2.24, 2.45) is 0 Å². The zero-order valence-electron chi connectivity index (χ0n) is 20.0. The van der Waals surface area contributed by atoms with E-state index in [0.717, 1.165) is 22.8 Å². The van der Waals surface area contributed by atoms with Crippen molar-refractivity contribution in [2.75, 3.05) is 25.6 Å². The quantitative estimate of drug-likeness (QED) is 0.404.